The number of imide groups is 1. The summed E-state index contributed by atoms with van der Waals surface area (Å²) in [5, 5.41) is 0. The summed E-state index contributed by atoms with van der Waals surface area (Å²) < 4.78 is 16.3. The van der Waals surface area contributed by atoms with E-state index in [9.17, 15) is 9.59 Å². The number of hydrogen-bond acceptors (Lipinski definition) is 5. The molecule has 138 valence electrons. The fourth-order valence-electron chi connectivity index (χ4n) is 2.83. The number of rotatable bonds is 8. The van der Waals surface area contributed by atoms with Gasteiger partial charge in [0.1, 0.15) is 12.4 Å². The lowest BCUT2D eigenvalue weighted by Crippen LogP contribution is -2.31. The largest absolute Gasteiger partial charge is 0.493 e. The van der Waals surface area contributed by atoms with Gasteiger partial charge in [-0.15, -0.1) is 6.42 Å². The number of amides is 2. The number of ether oxygens (including phenoxy) is 3. The van der Waals surface area contributed by atoms with E-state index >= 15 is 0 Å². The Morgan fingerprint density at radius 3 is 2.33 bits per heavy atom. The zero-order valence-corrected chi connectivity index (χ0v) is 14.9. The van der Waals surface area contributed by atoms with Crippen molar-refractivity contribution in [2.75, 3.05) is 26.9 Å². The highest BCUT2D eigenvalue weighted by Crippen LogP contribution is 2.31. The summed E-state index contributed by atoms with van der Waals surface area (Å²) in [7, 11) is 1.53. The van der Waals surface area contributed by atoms with Gasteiger partial charge in [-0.1, -0.05) is 18.1 Å². The predicted octanol–water partition coefficient (Wildman–Crippen LogP) is 2.77. The van der Waals surface area contributed by atoms with Crippen LogP contribution in [-0.2, 0) is 0 Å². The minimum Gasteiger partial charge on any atom is -0.493 e. The summed E-state index contributed by atoms with van der Waals surface area (Å²) in [5.74, 6) is 3.53. The maximum atomic E-state index is 12.3. The molecule has 0 aromatic heterocycles. The van der Waals surface area contributed by atoms with Crippen molar-refractivity contribution in [3.8, 4) is 29.6 Å². The van der Waals surface area contributed by atoms with Gasteiger partial charge in [0, 0.05) is 12.6 Å². The second-order valence-electron chi connectivity index (χ2n) is 5.82. The van der Waals surface area contributed by atoms with E-state index in [4.69, 9.17) is 20.6 Å². The molecule has 0 aliphatic carbocycles. The van der Waals surface area contributed by atoms with Gasteiger partial charge in [-0.2, -0.15) is 0 Å². The Kier molecular flexibility index (Phi) is 5.62. The Morgan fingerprint density at radius 1 is 1.00 bits per heavy atom. The first kappa shape index (κ1) is 18.3. The fraction of sp³-hybridized carbons (Fsp3) is 0.238. The van der Waals surface area contributed by atoms with Crippen LogP contribution < -0.4 is 14.2 Å². The van der Waals surface area contributed by atoms with Crippen molar-refractivity contribution >= 4 is 11.8 Å². The minimum atomic E-state index is -0.257. The van der Waals surface area contributed by atoms with Crippen molar-refractivity contribution in [3.63, 3.8) is 0 Å². The van der Waals surface area contributed by atoms with Crippen molar-refractivity contribution in [2.45, 2.75) is 6.42 Å². The predicted molar refractivity (Wildman–Crippen MR) is 99.2 cm³/mol. The zero-order valence-electron chi connectivity index (χ0n) is 14.9. The summed E-state index contributed by atoms with van der Waals surface area (Å²) in [5.41, 5.74) is 0.909. The molecule has 3 rings (SSSR count). The summed E-state index contributed by atoms with van der Waals surface area (Å²) in [6, 6.07) is 12.0. The molecule has 1 aliphatic rings. The van der Waals surface area contributed by atoms with E-state index in [0.29, 0.717) is 47.9 Å². The molecule has 0 unspecified atom stereocenters. The van der Waals surface area contributed by atoms with Gasteiger partial charge in [0.2, 0.25) is 0 Å². The molecule has 0 N–H and O–H groups in total. The van der Waals surface area contributed by atoms with Crippen LogP contribution in [0.3, 0.4) is 0 Å². The van der Waals surface area contributed by atoms with Gasteiger partial charge in [-0.25, -0.2) is 0 Å². The molecule has 27 heavy (non-hydrogen) atoms. The average Bonchev–Trinajstić information content (AvgIpc) is 2.94. The van der Waals surface area contributed by atoms with Crippen molar-refractivity contribution in [3.05, 3.63) is 53.6 Å². The first-order valence-electron chi connectivity index (χ1n) is 8.48. The van der Waals surface area contributed by atoms with Gasteiger partial charge in [-0.3, -0.25) is 14.5 Å². The van der Waals surface area contributed by atoms with Gasteiger partial charge in [0.15, 0.2) is 11.5 Å². The molecule has 1 heterocycles. The Hall–Kier alpha value is -3.46. The lowest BCUT2D eigenvalue weighted by molar-refractivity contribution is 0.0646. The fourth-order valence-corrected chi connectivity index (χ4v) is 2.83. The molecule has 0 saturated carbocycles. The maximum absolute atomic E-state index is 12.3. The number of terminal acetylenes is 1. The Bertz CT molecular complexity index is 865. The smallest absolute Gasteiger partial charge is 0.261 e. The van der Waals surface area contributed by atoms with Crippen LogP contribution in [0.25, 0.3) is 0 Å². The van der Waals surface area contributed by atoms with E-state index in [1.165, 1.54) is 12.0 Å². The molecule has 0 spiro atoms. The number of hydrogen-bond donors (Lipinski definition) is 0. The van der Waals surface area contributed by atoms with E-state index in [-0.39, 0.29) is 18.4 Å². The number of methoxy groups -OCH3 is 1. The van der Waals surface area contributed by atoms with Crippen molar-refractivity contribution in [1.29, 1.82) is 0 Å². The van der Waals surface area contributed by atoms with Gasteiger partial charge < -0.3 is 14.2 Å². The first-order valence-corrected chi connectivity index (χ1v) is 8.48. The molecule has 0 saturated heterocycles. The third kappa shape index (κ3) is 3.87. The molecule has 0 bridgehead atoms. The summed E-state index contributed by atoms with van der Waals surface area (Å²) >= 11 is 0. The minimum absolute atomic E-state index is 0.150. The topological polar surface area (TPSA) is 65.1 Å². The van der Waals surface area contributed by atoms with E-state index in [0.717, 1.165) is 0 Å². The van der Waals surface area contributed by atoms with Crippen LogP contribution in [0.1, 0.15) is 27.1 Å². The lowest BCUT2D eigenvalue weighted by atomic mass is 10.1. The molecular weight excluding hydrogens is 346 g/mol. The quantitative estimate of drug-likeness (QED) is 0.409. The monoisotopic (exact) mass is 365 g/mol. The normalized spacial score (nSPS) is 12.5. The molecule has 2 amide bonds. The van der Waals surface area contributed by atoms with Crippen LogP contribution in [0, 0.1) is 12.3 Å². The van der Waals surface area contributed by atoms with Crippen LogP contribution in [0.2, 0.25) is 0 Å². The van der Waals surface area contributed by atoms with Gasteiger partial charge in [0.25, 0.3) is 11.8 Å². The lowest BCUT2D eigenvalue weighted by Gasteiger charge is -2.15. The molecule has 2 aromatic carbocycles. The second kappa shape index (κ2) is 8.28. The van der Waals surface area contributed by atoms with Crippen LogP contribution in [0.15, 0.2) is 42.5 Å². The van der Waals surface area contributed by atoms with E-state index in [1.807, 2.05) is 0 Å². The van der Waals surface area contributed by atoms with Crippen LogP contribution in [-0.4, -0.2) is 43.6 Å². The molecule has 0 radical (unpaired) electrons. The standard InChI is InChI=1S/C21H19NO5/c1-3-12-27-18-10-9-15(14-19(18)25-2)26-13-6-11-22-20(23)16-7-4-5-8-17(16)21(22)24/h1,4-5,7-10,14H,6,11-13H2,2H3. The summed E-state index contributed by atoms with van der Waals surface area (Å²) in [6.07, 6.45) is 5.70. The second-order valence-corrected chi connectivity index (χ2v) is 5.82. The SMILES string of the molecule is C#CCOc1ccc(OCCCN2C(=O)c3ccccc3C2=O)cc1OC. The van der Waals surface area contributed by atoms with Crippen molar-refractivity contribution in [1.82, 2.24) is 4.90 Å². The van der Waals surface area contributed by atoms with Gasteiger partial charge >= 0.3 is 0 Å². The number of nitrogens with zero attached hydrogens (tertiary/aromatic N) is 1. The molecule has 1 aliphatic heterocycles. The Labute approximate surface area is 157 Å². The third-order valence-corrected chi connectivity index (χ3v) is 4.12. The third-order valence-electron chi connectivity index (χ3n) is 4.12. The van der Waals surface area contributed by atoms with Crippen molar-refractivity contribution < 1.29 is 23.8 Å². The zero-order chi connectivity index (χ0) is 19.2. The molecular formula is C21H19NO5. The van der Waals surface area contributed by atoms with E-state index in [1.54, 1.807) is 42.5 Å². The molecule has 6 nitrogen and oxygen atoms in total. The number of carbonyl (C=O) groups is 2. The Balaban J connectivity index is 1.53. The highest BCUT2D eigenvalue weighted by molar-refractivity contribution is 6.21. The number of benzene rings is 2. The first-order chi connectivity index (χ1) is 13.2. The molecule has 0 atom stereocenters. The average molecular weight is 365 g/mol. The van der Waals surface area contributed by atoms with E-state index < -0.39 is 0 Å². The molecule has 2 aromatic rings. The highest BCUT2D eigenvalue weighted by atomic mass is 16.5. The Morgan fingerprint density at radius 2 is 1.70 bits per heavy atom. The summed E-state index contributed by atoms with van der Waals surface area (Å²) in [6.45, 7) is 0.796. The van der Waals surface area contributed by atoms with Crippen molar-refractivity contribution in [2.24, 2.45) is 0 Å². The van der Waals surface area contributed by atoms with E-state index in [2.05, 4.69) is 5.92 Å². The number of fused-ring (bicyclic) bond motifs is 1. The van der Waals surface area contributed by atoms with Gasteiger partial charge in [0.05, 0.1) is 24.8 Å². The summed E-state index contributed by atoms with van der Waals surface area (Å²) in [4.78, 5) is 25.9. The highest BCUT2D eigenvalue weighted by Gasteiger charge is 2.34. The van der Waals surface area contributed by atoms with Crippen LogP contribution in [0.5, 0.6) is 17.2 Å². The van der Waals surface area contributed by atoms with Gasteiger partial charge in [-0.05, 0) is 30.7 Å². The molecule has 6 heteroatoms. The molecule has 0 fully saturated rings. The van der Waals surface area contributed by atoms with Crippen LogP contribution >= 0.6 is 0 Å². The van der Waals surface area contributed by atoms with Crippen LogP contribution in [0.4, 0.5) is 0 Å². The maximum Gasteiger partial charge on any atom is 0.261 e. The number of carbonyl (C=O) groups excluding carboxylic acids is 2.